The van der Waals surface area contributed by atoms with Crippen molar-refractivity contribution >= 4 is 17.5 Å². The second-order valence-electron chi connectivity index (χ2n) is 9.03. The third-order valence-electron chi connectivity index (χ3n) is 6.25. The Bertz CT molecular complexity index is 840. The molecule has 9 heteroatoms. The summed E-state index contributed by atoms with van der Waals surface area (Å²) >= 11 is 0. The van der Waals surface area contributed by atoms with Gasteiger partial charge in [-0.05, 0) is 19.4 Å². The summed E-state index contributed by atoms with van der Waals surface area (Å²) in [6.07, 6.45) is 1.02. The van der Waals surface area contributed by atoms with E-state index in [1.54, 1.807) is 0 Å². The zero-order valence-electron chi connectivity index (χ0n) is 18.9. The number of oxime groups is 1. The molecule has 0 bridgehead atoms. The van der Waals surface area contributed by atoms with Crippen molar-refractivity contribution in [2.24, 2.45) is 5.16 Å². The SMILES string of the molecule is C[C@@H]1CN(C(=N)c2ccc(C3=NOC(CN4CCN(CC(=O)O)CC4)C3)cc2)C[C@H](C)O1. The lowest BCUT2D eigenvalue weighted by molar-refractivity contribution is -0.138. The van der Waals surface area contributed by atoms with Crippen LogP contribution in [0.5, 0.6) is 0 Å². The molecule has 0 radical (unpaired) electrons. The number of ether oxygens (including phenoxy) is 1. The highest BCUT2D eigenvalue weighted by Gasteiger charge is 2.28. The highest BCUT2D eigenvalue weighted by Crippen LogP contribution is 2.20. The number of aliphatic carboxylic acids is 1. The Morgan fingerprint density at radius 1 is 1.09 bits per heavy atom. The molecular formula is C23H33N5O4. The number of nitrogens with one attached hydrogen (secondary N) is 1. The molecule has 3 atom stereocenters. The molecule has 1 unspecified atom stereocenters. The Morgan fingerprint density at radius 2 is 1.72 bits per heavy atom. The van der Waals surface area contributed by atoms with Gasteiger partial charge in [-0.3, -0.25) is 20.0 Å². The third-order valence-corrected chi connectivity index (χ3v) is 6.25. The Kier molecular flexibility index (Phi) is 7.07. The number of amidine groups is 1. The van der Waals surface area contributed by atoms with Crippen LogP contribution in [0.15, 0.2) is 29.4 Å². The van der Waals surface area contributed by atoms with E-state index >= 15 is 0 Å². The molecule has 1 aromatic carbocycles. The fraction of sp³-hybridized carbons (Fsp3) is 0.609. The van der Waals surface area contributed by atoms with Crippen molar-refractivity contribution in [2.45, 2.75) is 38.6 Å². The fourth-order valence-corrected chi connectivity index (χ4v) is 4.67. The van der Waals surface area contributed by atoms with E-state index in [0.29, 0.717) is 5.84 Å². The molecule has 0 aliphatic carbocycles. The zero-order chi connectivity index (χ0) is 22.7. The number of nitrogens with zero attached hydrogens (tertiary/aromatic N) is 4. The van der Waals surface area contributed by atoms with Crippen LogP contribution in [-0.2, 0) is 14.4 Å². The van der Waals surface area contributed by atoms with Crippen molar-refractivity contribution in [3.05, 3.63) is 35.4 Å². The van der Waals surface area contributed by atoms with Gasteiger partial charge >= 0.3 is 5.97 Å². The molecule has 2 fully saturated rings. The van der Waals surface area contributed by atoms with Gasteiger partial charge in [0.25, 0.3) is 0 Å². The van der Waals surface area contributed by atoms with Crippen molar-refractivity contribution in [3.63, 3.8) is 0 Å². The van der Waals surface area contributed by atoms with Gasteiger partial charge in [-0.25, -0.2) is 0 Å². The van der Waals surface area contributed by atoms with E-state index < -0.39 is 5.97 Å². The average Bonchev–Trinajstić information content (AvgIpc) is 3.22. The Morgan fingerprint density at radius 3 is 2.34 bits per heavy atom. The number of morpholine rings is 1. The molecule has 3 heterocycles. The molecule has 3 aliphatic heterocycles. The van der Waals surface area contributed by atoms with Crippen LogP contribution >= 0.6 is 0 Å². The van der Waals surface area contributed by atoms with Crippen LogP contribution in [0.3, 0.4) is 0 Å². The van der Waals surface area contributed by atoms with Gasteiger partial charge in [-0.2, -0.15) is 0 Å². The largest absolute Gasteiger partial charge is 0.480 e. The van der Waals surface area contributed by atoms with E-state index in [4.69, 9.17) is 20.1 Å². The van der Waals surface area contributed by atoms with Crippen molar-refractivity contribution in [1.29, 1.82) is 5.41 Å². The summed E-state index contributed by atoms with van der Waals surface area (Å²) in [6.45, 7) is 9.68. The summed E-state index contributed by atoms with van der Waals surface area (Å²) in [5.74, 6) is -0.242. The normalized spacial score (nSPS) is 27.1. The van der Waals surface area contributed by atoms with E-state index in [-0.39, 0.29) is 24.9 Å². The number of piperazine rings is 1. The fourth-order valence-electron chi connectivity index (χ4n) is 4.67. The van der Waals surface area contributed by atoms with Crippen LogP contribution in [-0.4, -0.2) is 108 Å². The van der Waals surface area contributed by atoms with Gasteiger partial charge < -0.3 is 19.6 Å². The first-order valence-electron chi connectivity index (χ1n) is 11.4. The van der Waals surface area contributed by atoms with E-state index in [1.165, 1.54) is 0 Å². The summed E-state index contributed by atoms with van der Waals surface area (Å²) < 4.78 is 5.78. The first-order valence-corrected chi connectivity index (χ1v) is 11.4. The lowest BCUT2D eigenvalue weighted by Gasteiger charge is -2.36. The van der Waals surface area contributed by atoms with Gasteiger partial charge in [0, 0.05) is 57.8 Å². The summed E-state index contributed by atoms with van der Waals surface area (Å²) in [4.78, 5) is 22.9. The van der Waals surface area contributed by atoms with Crippen LogP contribution in [0, 0.1) is 5.41 Å². The Balaban J connectivity index is 1.26. The van der Waals surface area contributed by atoms with Crippen molar-refractivity contribution < 1.29 is 19.5 Å². The van der Waals surface area contributed by atoms with Gasteiger partial charge in [-0.1, -0.05) is 29.4 Å². The van der Waals surface area contributed by atoms with Gasteiger partial charge in [-0.15, -0.1) is 0 Å². The predicted octanol–water partition coefficient (Wildman–Crippen LogP) is 1.32. The summed E-state index contributed by atoms with van der Waals surface area (Å²) in [5.41, 5.74) is 2.86. The summed E-state index contributed by atoms with van der Waals surface area (Å²) in [5, 5.41) is 21.8. The number of benzene rings is 1. The molecule has 174 valence electrons. The maximum absolute atomic E-state index is 10.9. The Hall–Kier alpha value is -2.49. The van der Waals surface area contributed by atoms with Crippen LogP contribution in [0.1, 0.15) is 31.4 Å². The van der Waals surface area contributed by atoms with Gasteiger partial charge in [0.1, 0.15) is 11.9 Å². The molecular weight excluding hydrogens is 410 g/mol. The van der Waals surface area contributed by atoms with E-state index in [9.17, 15) is 4.79 Å². The van der Waals surface area contributed by atoms with Crippen molar-refractivity contribution in [1.82, 2.24) is 14.7 Å². The maximum Gasteiger partial charge on any atom is 0.317 e. The van der Waals surface area contributed by atoms with Crippen LogP contribution in [0.4, 0.5) is 0 Å². The van der Waals surface area contributed by atoms with Gasteiger partial charge in [0.15, 0.2) is 0 Å². The molecule has 0 amide bonds. The highest BCUT2D eigenvalue weighted by molar-refractivity contribution is 6.02. The minimum Gasteiger partial charge on any atom is -0.480 e. The van der Waals surface area contributed by atoms with Gasteiger partial charge in [0.05, 0.1) is 24.5 Å². The molecule has 0 spiro atoms. The first-order chi connectivity index (χ1) is 15.4. The quantitative estimate of drug-likeness (QED) is 0.505. The van der Waals surface area contributed by atoms with E-state index in [0.717, 1.165) is 69.1 Å². The minimum atomic E-state index is -0.772. The summed E-state index contributed by atoms with van der Waals surface area (Å²) in [6, 6.07) is 8.01. The molecule has 32 heavy (non-hydrogen) atoms. The maximum atomic E-state index is 10.9. The first kappa shape index (κ1) is 22.7. The van der Waals surface area contributed by atoms with Crippen LogP contribution in [0.2, 0.25) is 0 Å². The topological polar surface area (TPSA) is 102 Å². The van der Waals surface area contributed by atoms with Crippen LogP contribution in [0.25, 0.3) is 0 Å². The number of carboxylic acids is 1. The second kappa shape index (κ2) is 9.97. The molecule has 3 aliphatic rings. The second-order valence-corrected chi connectivity index (χ2v) is 9.03. The zero-order valence-corrected chi connectivity index (χ0v) is 18.9. The number of hydrogen-bond acceptors (Lipinski definition) is 7. The van der Waals surface area contributed by atoms with E-state index in [2.05, 4.69) is 15.0 Å². The molecule has 9 nitrogen and oxygen atoms in total. The smallest absolute Gasteiger partial charge is 0.317 e. The lowest BCUT2D eigenvalue weighted by Crippen LogP contribution is -2.49. The minimum absolute atomic E-state index is 0.0188. The predicted molar refractivity (Wildman–Crippen MR) is 121 cm³/mol. The summed E-state index contributed by atoms with van der Waals surface area (Å²) in [7, 11) is 0. The van der Waals surface area contributed by atoms with Crippen molar-refractivity contribution in [3.8, 4) is 0 Å². The molecule has 0 aromatic heterocycles. The van der Waals surface area contributed by atoms with Crippen molar-refractivity contribution in [2.75, 3.05) is 52.4 Å². The van der Waals surface area contributed by atoms with Gasteiger partial charge in [0.2, 0.25) is 0 Å². The molecule has 0 saturated carbocycles. The molecule has 4 rings (SSSR count). The number of carboxylic acid groups (broad SMARTS) is 1. The number of hydrogen-bond donors (Lipinski definition) is 2. The molecule has 2 saturated heterocycles. The highest BCUT2D eigenvalue weighted by atomic mass is 16.6. The average molecular weight is 444 g/mol. The van der Waals surface area contributed by atoms with E-state index in [1.807, 2.05) is 43.0 Å². The Labute approximate surface area is 189 Å². The third kappa shape index (κ3) is 5.65. The standard InChI is InChI=1S/C23H33N5O4/c1-16-12-28(13-17(2)31-16)23(24)19-5-3-18(4-6-19)21-11-20(32-25-21)14-26-7-9-27(10-8-26)15-22(29)30/h3-6,16-17,20,24H,7-15H2,1-2H3,(H,29,30)/t16-,17+,20?. The molecule has 1 aromatic rings. The lowest BCUT2D eigenvalue weighted by atomic mass is 10.0. The molecule has 2 N–H and O–H groups in total. The number of rotatable bonds is 6. The van der Waals surface area contributed by atoms with Crippen LogP contribution < -0.4 is 0 Å². The monoisotopic (exact) mass is 443 g/mol. The number of carbonyl (C=O) groups is 1.